The molecule has 0 bridgehead atoms. The topological polar surface area (TPSA) is 30.5 Å². The Morgan fingerprint density at radius 3 is 2.69 bits per heavy atom. The van der Waals surface area contributed by atoms with Crippen molar-refractivity contribution in [3.63, 3.8) is 0 Å². The molecule has 16 heavy (non-hydrogen) atoms. The highest BCUT2D eigenvalue weighted by atomic mass is 79.9. The van der Waals surface area contributed by atoms with Crippen molar-refractivity contribution in [2.24, 2.45) is 0 Å². The van der Waals surface area contributed by atoms with Gasteiger partial charge in [0.25, 0.3) is 0 Å². The summed E-state index contributed by atoms with van der Waals surface area (Å²) >= 11 is 3.20. The van der Waals surface area contributed by atoms with Crippen molar-refractivity contribution in [2.75, 3.05) is 33.4 Å². The molecule has 0 aliphatic heterocycles. The number of halogens is 2. The maximum absolute atomic E-state index is 13.0. The Labute approximate surface area is 103 Å². The zero-order chi connectivity index (χ0) is 11.8. The van der Waals surface area contributed by atoms with Gasteiger partial charge in [-0.05, 0) is 12.1 Å². The lowest BCUT2D eigenvalue weighted by Gasteiger charge is -2.07. The molecule has 5 heteroatoms. The highest BCUT2D eigenvalue weighted by molar-refractivity contribution is 9.10. The monoisotopic (exact) mass is 291 g/mol. The van der Waals surface area contributed by atoms with Crippen LogP contribution in [-0.4, -0.2) is 33.4 Å². The zero-order valence-corrected chi connectivity index (χ0v) is 10.7. The van der Waals surface area contributed by atoms with Crippen molar-refractivity contribution in [2.45, 2.75) is 0 Å². The van der Waals surface area contributed by atoms with Gasteiger partial charge in [0, 0.05) is 30.7 Å². The lowest BCUT2D eigenvalue weighted by atomic mass is 10.3. The third-order valence-electron chi connectivity index (χ3n) is 1.87. The second kappa shape index (κ2) is 7.60. The maximum atomic E-state index is 13.0. The molecule has 1 N–H and O–H groups in total. The van der Waals surface area contributed by atoms with Crippen LogP contribution in [0.1, 0.15) is 0 Å². The normalized spacial score (nSPS) is 10.4. The fourth-order valence-corrected chi connectivity index (χ4v) is 1.60. The summed E-state index contributed by atoms with van der Waals surface area (Å²) in [6.07, 6.45) is 0. The van der Waals surface area contributed by atoms with Gasteiger partial charge < -0.3 is 14.8 Å². The second-order valence-electron chi connectivity index (χ2n) is 3.20. The molecule has 0 radical (unpaired) electrons. The summed E-state index contributed by atoms with van der Waals surface area (Å²) in [5.41, 5.74) is 0. The van der Waals surface area contributed by atoms with Gasteiger partial charge in [-0.15, -0.1) is 0 Å². The first kappa shape index (κ1) is 13.4. The van der Waals surface area contributed by atoms with E-state index in [1.807, 2.05) is 0 Å². The molecule has 1 rings (SSSR count). The molecular weight excluding hydrogens is 277 g/mol. The summed E-state index contributed by atoms with van der Waals surface area (Å²) in [5, 5.41) is 3.13. The summed E-state index contributed by atoms with van der Waals surface area (Å²) in [4.78, 5) is 0. The van der Waals surface area contributed by atoms with E-state index >= 15 is 0 Å². The minimum Gasteiger partial charge on any atom is -0.492 e. The van der Waals surface area contributed by atoms with Crippen LogP contribution in [0.5, 0.6) is 5.75 Å². The van der Waals surface area contributed by atoms with Crippen LogP contribution in [0, 0.1) is 5.82 Å². The molecule has 0 saturated carbocycles. The number of hydrogen-bond acceptors (Lipinski definition) is 3. The van der Waals surface area contributed by atoms with Crippen LogP contribution >= 0.6 is 15.9 Å². The minimum absolute atomic E-state index is 0.309. The smallest absolute Gasteiger partial charge is 0.128 e. The molecule has 0 aliphatic carbocycles. The van der Waals surface area contributed by atoms with E-state index in [1.54, 1.807) is 13.2 Å². The molecular formula is C11H15BrFNO2. The van der Waals surface area contributed by atoms with Gasteiger partial charge in [0.2, 0.25) is 0 Å². The lowest BCUT2D eigenvalue weighted by Crippen LogP contribution is -2.24. The Kier molecular flexibility index (Phi) is 6.37. The summed E-state index contributed by atoms with van der Waals surface area (Å²) < 4.78 is 23.9. The van der Waals surface area contributed by atoms with E-state index < -0.39 is 0 Å². The van der Waals surface area contributed by atoms with Crippen molar-refractivity contribution < 1.29 is 13.9 Å². The summed E-state index contributed by atoms with van der Waals surface area (Å²) in [5.74, 6) is 0.220. The van der Waals surface area contributed by atoms with Crippen LogP contribution in [-0.2, 0) is 4.74 Å². The van der Waals surface area contributed by atoms with Gasteiger partial charge in [-0.25, -0.2) is 4.39 Å². The average Bonchev–Trinajstić information content (AvgIpc) is 2.22. The highest BCUT2D eigenvalue weighted by Crippen LogP contribution is 2.20. The van der Waals surface area contributed by atoms with Crippen molar-refractivity contribution >= 4 is 15.9 Å². The Morgan fingerprint density at radius 2 is 2.00 bits per heavy atom. The Hall–Kier alpha value is -0.650. The first-order valence-electron chi connectivity index (χ1n) is 5.01. The van der Waals surface area contributed by atoms with Crippen LogP contribution < -0.4 is 10.1 Å². The molecule has 0 saturated heterocycles. The van der Waals surface area contributed by atoms with Gasteiger partial charge in [-0.1, -0.05) is 15.9 Å². The molecule has 1 aromatic carbocycles. The summed E-state index contributed by atoms with van der Waals surface area (Å²) in [6, 6.07) is 4.49. The molecule has 0 aliphatic rings. The zero-order valence-electron chi connectivity index (χ0n) is 9.13. The number of nitrogens with one attached hydrogen (secondary N) is 1. The predicted octanol–water partition coefficient (Wildman–Crippen LogP) is 2.20. The Balaban J connectivity index is 2.21. The van der Waals surface area contributed by atoms with Crippen LogP contribution in [0.15, 0.2) is 22.7 Å². The lowest BCUT2D eigenvalue weighted by molar-refractivity contribution is 0.196. The van der Waals surface area contributed by atoms with Crippen molar-refractivity contribution in [1.82, 2.24) is 5.32 Å². The van der Waals surface area contributed by atoms with E-state index in [0.29, 0.717) is 30.0 Å². The van der Waals surface area contributed by atoms with Crippen molar-refractivity contribution in [3.8, 4) is 5.75 Å². The van der Waals surface area contributed by atoms with E-state index in [4.69, 9.17) is 9.47 Å². The van der Waals surface area contributed by atoms with Crippen LogP contribution in [0.4, 0.5) is 4.39 Å². The van der Waals surface area contributed by atoms with E-state index in [2.05, 4.69) is 21.2 Å². The van der Waals surface area contributed by atoms with E-state index in [-0.39, 0.29) is 5.82 Å². The Bertz CT molecular complexity index is 303. The van der Waals surface area contributed by atoms with E-state index in [0.717, 1.165) is 6.54 Å². The molecule has 3 nitrogen and oxygen atoms in total. The third kappa shape index (κ3) is 5.44. The second-order valence-corrected chi connectivity index (χ2v) is 4.11. The largest absolute Gasteiger partial charge is 0.492 e. The molecule has 0 heterocycles. The third-order valence-corrected chi connectivity index (χ3v) is 2.32. The fraction of sp³-hybridized carbons (Fsp3) is 0.455. The van der Waals surface area contributed by atoms with Gasteiger partial charge >= 0.3 is 0 Å². The quantitative estimate of drug-likeness (QED) is 0.782. The molecule has 0 spiro atoms. The summed E-state index contributed by atoms with van der Waals surface area (Å²) in [7, 11) is 1.66. The van der Waals surface area contributed by atoms with Gasteiger partial charge in [0.15, 0.2) is 0 Å². The number of rotatable bonds is 7. The average molecular weight is 292 g/mol. The molecule has 0 aromatic heterocycles. The van der Waals surface area contributed by atoms with Crippen LogP contribution in [0.25, 0.3) is 0 Å². The number of hydrogen-bond donors (Lipinski definition) is 1. The highest BCUT2D eigenvalue weighted by Gasteiger charge is 1.99. The number of methoxy groups -OCH3 is 1. The van der Waals surface area contributed by atoms with Gasteiger partial charge in [-0.3, -0.25) is 0 Å². The van der Waals surface area contributed by atoms with Crippen LogP contribution in [0.2, 0.25) is 0 Å². The standard InChI is InChI=1S/C11H15BrFNO2/c1-15-4-2-14-3-5-16-11-7-9(12)6-10(13)8-11/h6-8,14H,2-5H2,1H3. The van der Waals surface area contributed by atoms with Crippen molar-refractivity contribution in [3.05, 3.63) is 28.5 Å². The fourth-order valence-electron chi connectivity index (χ4n) is 1.15. The SMILES string of the molecule is COCCNCCOc1cc(F)cc(Br)c1. The molecule has 0 amide bonds. The van der Waals surface area contributed by atoms with Crippen molar-refractivity contribution in [1.29, 1.82) is 0 Å². The van der Waals surface area contributed by atoms with E-state index in [1.165, 1.54) is 12.1 Å². The molecule has 1 aromatic rings. The summed E-state index contributed by atoms with van der Waals surface area (Å²) in [6.45, 7) is 2.66. The molecule has 90 valence electrons. The van der Waals surface area contributed by atoms with Gasteiger partial charge in [-0.2, -0.15) is 0 Å². The van der Waals surface area contributed by atoms with Gasteiger partial charge in [0.05, 0.1) is 6.61 Å². The first-order chi connectivity index (χ1) is 7.72. The maximum Gasteiger partial charge on any atom is 0.128 e. The molecule has 0 unspecified atom stereocenters. The van der Waals surface area contributed by atoms with Crippen LogP contribution in [0.3, 0.4) is 0 Å². The number of benzene rings is 1. The predicted molar refractivity (Wildman–Crippen MR) is 64.3 cm³/mol. The molecule has 0 fully saturated rings. The minimum atomic E-state index is -0.309. The first-order valence-corrected chi connectivity index (χ1v) is 5.80. The molecule has 0 atom stereocenters. The number of ether oxygens (including phenoxy) is 2. The Morgan fingerprint density at radius 1 is 1.25 bits per heavy atom. The van der Waals surface area contributed by atoms with Gasteiger partial charge in [0.1, 0.15) is 18.2 Å². The van der Waals surface area contributed by atoms with E-state index in [9.17, 15) is 4.39 Å².